The summed E-state index contributed by atoms with van der Waals surface area (Å²) < 4.78 is 5.96. The number of ether oxygens (including phenoxy) is 1. The minimum absolute atomic E-state index is 0.0400. The second-order valence-corrected chi connectivity index (χ2v) is 7.82. The average Bonchev–Trinajstić information content (AvgIpc) is 3.23. The molecule has 2 aromatic carbocycles. The first kappa shape index (κ1) is 20.4. The van der Waals surface area contributed by atoms with E-state index in [2.05, 4.69) is 9.88 Å². The van der Waals surface area contributed by atoms with Gasteiger partial charge < -0.3 is 14.7 Å². The van der Waals surface area contributed by atoms with Crippen LogP contribution in [-0.2, 0) is 6.61 Å². The molecule has 5 nitrogen and oxygen atoms in total. The summed E-state index contributed by atoms with van der Waals surface area (Å²) in [5, 5.41) is 10.4. The van der Waals surface area contributed by atoms with Crippen LogP contribution in [0, 0.1) is 6.92 Å². The fraction of sp³-hybridized carbons (Fsp3) is 0.250. The predicted octanol–water partition coefficient (Wildman–Crippen LogP) is 4.42. The number of nitrogens with zero attached hydrogens (tertiary/aromatic N) is 2. The molecule has 0 aliphatic carbocycles. The maximum Gasteiger partial charge on any atom is 0.232 e. The second-order valence-electron chi connectivity index (χ2n) is 7.41. The summed E-state index contributed by atoms with van der Waals surface area (Å²) >= 11 is 6.15. The van der Waals surface area contributed by atoms with E-state index in [1.165, 1.54) is 0 Å². The number of benzene rings is 2. The summed E-state index contributed by atoms with van der Waals surface area (Å²) in [6.45, 7) is 3.23. The van der Waals surface area contributed by atoms with E-state index in [4.69, 9.17) is 16.3 Å². The summed E-state index contributed by atoms with van der Waals surface area (Å²) in [6.07, 6.45) is 2.43. The Kier molecular flexibility index (Phi) is 6.02. The highest BCUT2D eigenvalue weighted by atomic mass is 35.5. The number of carbonyl (C=O) groups excluding carboxylic acids is 1. The highest BCUT2D eigenvalue weighted by molar-refractivity contribution is 6.31. The Labute approximate surface area is 180 Å². The molecule has 1 atom stereocenters. The van der Waals surface area contributed by atoms with E-state index in [0.717, 1.165) is 29.8 Å². The monoisotopic (exact) mass is 422 g/mol. The first-order valence-corrected chi connectivity index (χ1v) is 10.3. The zero-order valence-corrected chi connectivity index (χ0v) is 17.5. The fourth-order valence-electron chi connectivity index (χ4n) is 3.80. The van der Waals surface area contributed by atoms with Crippen molar-refractivity contribution < 1.29 is 14.6 Å². The van der Waals surface area contributed by atoms with Crippen molar-refractivity contribution in [3.8, 4) is 5.88 Å². The molecule has 1 fully saturated rings. The molecule has 1 aliphatic rings. The predicted molar refractivity (Wildman–Crippen MR) is 117 cm³/mol. The van der Waals surface area contributed by atoms with Gasteiger partial charge in [0.05, 0.1) is 13.2 Å². The first-order chi connectivity index (χ1) is 14.6. The van der Waals surface area contributed by atoms with Crippen LogP contribution in [0.15, 0.2) is 60.8 Å². The van der Waals surface area contributed by atoms with Gasteiger partial charge in [0.15, 0.2) is 5.78 Å². The van der Waals surface area contributed by atoms with E-state index in [9.17, 15) is 9.90 Å². The van der Waals surface area contributed by atoms with E-state index in [0.29, 0.717) is 28.6 Å². The number of aryl methyl sites for hydroxylation is 1. The van der Waals surface area contributed by atoms with Crippen LogP contribution in [0.2, 0.25) is 5.02 Å². The van der Waals surface area contributed by atoms with Crippen LogP contribution in [0.1, 0.15) is 33.5 Å². The van der Waals surface area contributed by atoms with Gasteiger partial charge in [0.2, 0.25) is 5.88 Å². The molecule has 1 aliphatic heterocycles. The van der Waals surface area contributed by atoms with Crippen molar-refractivity contribution in [2.75, 3.05) is 18.0 Å². The van der Waals surface area contributed by atoms with Crippen molar-refractivity contribution >= 4 is 23.1 Å². The Hall–Kier alpha value is -2.89. The van der Waals surface area contributed by atoms with Gasteiger partial charge in [-0.3, -0.25) is 4.79 Å². The lowest BCUT2D eigenvalue weighted by atomic mass is 9.97. The van der Waals surface area contributed by atoms with Crippen LogP contribution >= 0.6 is 11.6 Å². The molecule has 0 amide bonds. The van der Waals surface area contributed by atoms with Crippen LogP contribution in [0.5, 0.6) is 5.88 Å². The highest BCUT2D eigenvalue weighted by Crippen LogP contribution is 2.30. The summed E-state index contributed by atoms with van der Waals surface area (Å²) in [7, 11) is 0. The maximum atomic E-state index is 12.9. The molecule has 3 aromatic rings. The van der Waals surface area contributed by atoms with Crippen LogP contribution in [0.3, 0.4) is 0 Å². The number of carbonyl (C=O) groups is 1. The van der Waals surface area contributed by atoms with Gasteiger partial charge in [0, 0.05) is 41.5 Å². The normalized spacial score (nSPS) is 16.0. The van der Waals surface area contributed by atoms with E-state index in [1.54, 1.807) is 24.4 Å². The standard InChI is InChI=1S/C24H23ClN2O3/c1-16-5-2-3-6-20(16)23(29)17-8-9-22(18(13-17)15-28)27-12-10-19(14-27)30-24-21(25)7-4-11-26-24/h2-9,11,13,19,28H,10,12,14-15H2,1H3/t19-/m0/s1. The molecule has 6 heteroatoms. The Morgan fingerprint density at radius 3 is 2.83 bits per heavy atom. The molecule has 1 N–H and O–H groups in total. The average molecular weight is 423 g/mol. The largest absolute Gasteiger partial charge is 0.471 e. The molecule has 1 aromatic heterocycles. The zero-order valence-electron chi connectivity index (χ0n) is 16.7. The number of rotatable bonds is 6. The molecule has 154 valence electrons. The number of ketones is 1. The SMILES string of the molecule is Cc1ccccc1C(=O)c1ccc(N2CC[C@H](Oc3ncccc3Cl)C2)c(CO)c1. The van der Waals surface area contributed by atoms with Gasteiger partial charge in [-0.2, -0.15) is 0 Å². The molecule has 0 unspecified atom stereocenters. The lowest BCUT2D eigenvalue weighted by Gasteiger charge is -2.22. The molecular formula is C24H23ClN2O3. The second kappa shape index (κ2) is 8.86. The third kappa shape index (κ3) is 4.18. The highest BCUT2D eigenvalue weighted by Gasteiger charge is 2.27. The van der Waals surface area contributed by atoms with E-state index in [-0.39, 0.29) is 18.5 Å². The first-order valence-electron chi connectivity index (χ1n) is 9.93. The number of aliphatic hydroxyl groups excluding tert-OH is 1. The zero-order chi connectivity index (χ0) is 21.1. The smallest absolute Gasteiger partial charge is 0.232 e. The van der Waals surface area contributed by atoms with Gasteiger partial charge in [-0.1, -0.05) is 35.9 Å². The molecule has 0 bridgehead atoms. The quantitative estimate of drug-likeness (QED) is 0.595. The Bertz CT molecular complexity index is 1070. The molecule has 4 rings (SSSR count). The van der Waals surface area contributed by atoms with Gasteiger partial charge in [0.1, 0.15) is 11.1 Å². The maximum absolute atomic E-state index is 12.9. The Morgan fingerprint density at radius 2 is 2.07 bits per heavy atom. The topological polar surface area (TPSA) is 62.7 Å². The van der Waals surface area contributed by atoms with Crippen molar-refractivity contribution in [3.05, 3.63) is 88.1 Å². The van der Waals surface area contributed by atoms with Crippen molar-refractivity contribution in [3.63, 3.8) is 0 Å². The van der Waals surface area contributed by atoms with E-state index < -0.39 is 0 Å². The molecular weight excluding hydrogens is 400 g/mol. The summed E-state index contributed by atoms with van der Waals surface area (Å²) in [5.74, 6) is 0.398. The van der Waals surface area contributed by atoms with Crippen molar-refractivity contribution in [1.82, 2.24) is 4.98 Å². The lowest BCUT2D eigenvalue weighted by molar-refractivity contribution is 0.103. The van der Waals surface area contributed by atoms with E-state index >= 15 is 0 Å². The molecule has 30 heavy (non-hydrogen) atoms. The van der Waals surface area contributed by atoms with E-state index in [1.807, 2.05) is 43.3 Å². The van der Waals surface area contributed by atoms with Crippen molar-refractivity contribution in [2.24, 2.45) is 0 Å². The van der Waals surface area contributed by atoms with Gasteiger partial charge in [-0.25, -0.2) is 4.98 Å². The van der Waals surface area contributed by atoms with Crippen LogP contribution < -0.4 is 9.64 Å². The number of aromatic nitrogens is 1. The van der Waals surface area contributed by atoms with Gasteiger partial charge in [0.25, 0.3) is 0 Å². The van der Waals surface area contributed by atoms with Crippen molar-refractivity contribution in [2.45, 2.75) is 26.1 Å². The lowest BCUT2D eigenvalue weighted by Crippen LogP contribution is -2.25. The Balaban J connectivity index is 1.52. The minimum atomic E-state index is -0.141. The minimum Gasteiger partial charge on any atom is -0.471 e. The number of aliphatic hydroxyl groups is 1. The molecule has 0 saturated carbocycles. The van der Waals surface area contributed by atoms with Gasteiger partial charge in [-0.15, -0.1) is 0 Å². The molecule has 0 radical (unpaired) electrons. The van der Waals surface area contributed by atoms with Crippen LogP contribution in [0.4, 0.5) is 5.69 Å². The molecule has 1 saturated heterocycles. The van der Waals surface area contributed by atoms with Crippen LogP contribution in [0.25, 0.3) is 0 Å². The van der Waals surface area contributed by atoms with Crippen molar-refractivity contribution in [1.29, 1.82) is 0 Å². The van der Waals surface area contributed by atoms with Gasteiger partial charge in [-0.05, 0) is 42.8 Å². The number of pyridine rings is 1. The fourth-order valence-corrected chi connectivity index (χ4v) is 3.97. The number of hydrogen-bond acceptors (Lipinski definition) is 5. The van der Waals surface area contributed by atoms with Crippen LogP contribution in [-0.4, -0.2) is 35.1 Å². The number of anilines is 1. The number of hydrogen-bond donors (Lipinski definition) is 1. The third-order valence-electron chi connectivity index (χ3n) is 5.39. The Morgan fingerprint density at radius 1 is 1.23 bits per heavy atom. The molecule has 0 spiro atoms. The summed E-state index contributed by atoms with van der Waals surface area (Å²) in [4.78, 5) is 19.3. The summed E-state index contributed by atoms with van der Waals surface area (Å²) in [6, 6.07) is 16.6. The summed E-state index contributed by atoms with van der Waals surface area (Å²) in [5.41, 5.74) is 3.83. The number of halogens is 1. The third-order valence-corrected chi connectivity index (χ3v) is 5.68. The van der Waals surface area contributed by atoms with Gasteiger partial charge >= 0.3 is 0 Å². The molecule has 2 heterocycles.